The van der Waals surface area contributed by atoms with Gasteiger partial charge in [0.05, 0.1) is 5.56 Å². The summed E-state index contributed by atoms with van der Waals surface area (Å²) in [6, 6.07) is 14.5. The Morgan fingerprint density at radius 1 is 1.04 bits per heavy atom. The molecule has 1 heterocycles. The quantitative estimate of drug-likeness (QED) is 0.848. The number of hydrogen-bond donors (Lipinski definition) is 1. The molecule has 1 N–H and O–H groups in total. The van der Waals surface area contributed by atoms with Gasteiger partial charge in [-0.1, -0.05) is 36.4 Å². The zero-order valence-electron chi connectivity index (χ0n) is 14.5. The van der Waals surface area contributed by atoms with Crippen LogP contribution in [-0.2, 0) is 17.5 Å². The number of nitrogens with one attached hydrogen (secondary N) is 1. The van der Waals surface area contributed by atoms with Crippen LogP contribution in [0, 0.1) is 0 Å². The van der Waals surface area contributed by atoms with E-state index in [-0.39, 0.29) is 5.91 Å². The highest BCUT2D eigenvalue weighted by Gasteiger charge is 2.35. The molecule has 0 aromatic heterocycles. The normalized spacial score (nSPS) is 17.8. The Labute approximate surface area is 150 Å². The lowest BCUT2D eigenvalue weighted by atomic mass is 10.1. The van der Waals surface area contributed by atoms with Gasteiger partial charge in [-0.15, -0.1) is 0 Å². The van der Waals surface area contributed by atoms with E-state index >= 15 is 0 Å². The van der Waals surface area contributed by atoms with Crippen molar-refractivity contribution >= 4 is 11.6 Å². The molecule has 3 nitrogen and oxygen atoms in total. The maximum atomic E-state index is 12.9. The molecule has 1 aliphatic heterocycles. The molecule has 3 rings (SSSR count). The number of hydrogen-bond acceptors (Lipinski definition) is 2. The third-order valence-corrected chi connectivity index (χ3v) is 4.58. The highest BCUT2D eigenvalue weighted by molar-refractivity contribution is 5.97. The topological polar surface area (TPSA) is 32.3 Å². The van der Waals surface area contributed by atoms with E-state index in [1.54, 1.807) is 17.9 Å². The number of amides is 1. The van der Waals surface area contributed by atoms with Gasteiger partial charge in [0.15, 0.2) is 0 Å². The maximum Gasteiger partial charge on any atom is 0.416 e. The standard InChI is InChI=1S/C20H19F3N2O/c1-13-14(2)19(26)25(12-15-7-4-3-5-8-15)18(13)24-17-10-6-9-16(11-17)20(21,22)23/h3-11,18,24H,12H2,1-2H3. The van der Waals surface area contributed by atoms with E-state index < -0.39 is 17.9 Å². The summed E-state index contributed by atoms with van der Waals surface area (Å²) in [6.07, 6.45) is -4.89. The molecule has 2 aromatic carbocycles. The fourth-order valence-electron chi connectivity index (χ4n) is 3.01. The van der Waals surface area contributed by atoms with Crippen molar-refractivity contribution in [1.29, 1.82) is 0 Å². The third-order valence-electron chi connectivity index (χ3n) is 4.58. The molecule has 0 saturated heterocycles. The predicted octanol–water partition coefficient (Wildman–Crippen LogP) is 4.82. The summed E-state index contributed by atoms with van der Waals surface area (Å²) in [4.78, 5) is 14.2. The minimum Gasteiger partial charge on any atom is -0.362 e. The molecule has 1 aliphatic rings. The van der Waals surface area contributed by atoms with E-state index in [1.807, 2.05) is 37.3 Å². The van der Waals surface area contributed by atoms with Gasteiger partial charge in [-0.3, -0.25) is 4.79 Å². The van der Waals surface area contributed by atoms with Gasteiger partial charge < -0.3 is 10.2 Å². The number of halogens is 3. The average molecular weight is 360 g/mol. The van der Waals surface area contributed by atoms with E-state index in [2.05, 4.69) is 5.32 Å². The van der Waals surface area contributed by atoms with E-state index in [4.69, 9.17) is 0 Å². The van der Waals surface area contributed by atoms with E-state index in [0.29, 0.717) is 17.8 Å². The minimum absolute atomic E-state index is 0.115. The van der Waals surface area contributed by atoms with Crippen LogP contribution >= 0.6 is 0 Å². The summed E-state index contributed by atoms with van der Waals surface area (Å²) < 4.78 is 38.8. The van der Waals surface area contributed by atoms with Crippen molar-refractivity contribution in [3.05, 3.63) is 76.9 Å². The predicted molar refractivity (Wildman–Crippen MR) is 94.2 cm³/mol. The van der Waals surface area contributed by atoms with Gasteiger partial charge in [0, 0.05) is 17.8 Å². The molecule has 26 heavy (non-hydrogen) atoms. The molecule has 1 atom stereocenters. The Morgan fingerprint density at radius 3 is 2.38 bits per heavy atom. The number of anilines is 1. The molecule has 0 aliphatic carbocycles. The molecular weight excluding hydrogens is 341 g/mol. The van der Waals surface area contributed by atoms with Crippen LogP contribution in [0.2, 0.25) is 0 Å². The lowest BCUT2D eigenvalue weighted by Gasteiger charge is -2.28. The van der Waals surface area contributed by atoms with Crippen molar-refractivity contribution in [2.45, 2.75) is 32.7 Å². The number of nitrogens with zero attached hydrogens (tertiary/aromatic N) is 1. The SMILES string of the molecule is CC1=C(C)C(Nc2cccc(C(F)(F)F)c2)N(Cc2ccccc2)C1=O. The van der Waals surface area contributed by atoms with Gasteiger partial charge in [0.1, 0.15) is 6.17 Å². The van der Waals surface area contributed by atoms with Gasteiger partial charge in [0.25, 0.3) is 5.91 Å². The fourth-order valence-corrected chi connectivity index (χ4v) is 3.01. The molecular formula is C20H19F3N2O. The van der Waals surface area contributed by atoms with Crippen LogP contribution in [0.15, 0.2) is 65.7 Å². The van der Waals surface area contributed by atoms with Gasteiger partial charge in [-0.25, -0.2) is 0 Å². The van der Waals surface area contributed by atoms with Crippen LogP contribution in [0.25, 0.3) is 0 Å². The summed E-state index contributed by atoms with van der Waals surface area (Å²) in [5.41, 5.74) is 1.98. The van der Waals surface area contributed by atoms with Gasteiger partial charge in [-0.05, 0) is 43.2 Å². The van der Waals surface area contributed by atoms with Crippen molar-refractivity contribution in [1.82, 2.24) is 4.90 Å². The Bertz CT molecular complexity index is 844. The zero-order chi connectivity index (χ0) is 18.9. The highest BCUT2D eigenvalue weighted by Crippen LogP contribution is 2.33. The zero-order valence-corrected chi connectivity index (χ0v) is 14.5. The van der Waals surface area contributed by atoms with Gasteiger partial charge in [-0.2, -0.15) is 13.2 Å². The smallest absolute Gasteiger partial charge is 0.362 e. The second-order valence-electron chi connectivity index (χ2n) is 6.35. The summed E-state index contributed by atoms with van der Waals surface area (Å²) in [6.45, 7) is 3.94. The van der Waals surface area contributed by atoms with E-state index in [1.165, 1.54) is 6.07 Å². The number of alkyl halides is 3. The number of carbonyl (C=O) groups excluding carboxylic acids is 1. The fraction of sp³-hybridized carbons (Fsp3) is 0.250. The molecule has 0 spiro atoms. The van der Waals surface area contributed by atoms with Crippen LogP contribution in [-0.4, -0.2) is 17.0 Å². The monoisotopic (exact) mass is 360 g/mol. The summed E-state index contributed by atoms with van der Waals surface area (Å²) >= 11 is 0. The summed E-state index contributed by atoms with van der Waals surface area (Å²) in [5.74, 6) is -0.115. The van der Waals surface area contributed by atoms with Crippen LogP contribution < -0.4 is 5.32 Å². The molecule has 1 amide bonds. The Hall–Kier alpha value is -2.76. The molecule has 6 heteroatoms. The second-order valence-corrected chi connectivity index (χ2v) is 6.35. The molecule has 0 radical (unpaired) electrons. The minimum atomic E-state index is -4.41. The second kappa shape index (κ2) is 6.86. The largest absolute Gasteiger partial charge is 0.416 e. The van der Waals surface area contributed by atoms with Crippen LogP contribution in [0.5, 0.6) is 0 Å². The Morgan fingerprint density at radius 2 is 1.73 bits per heavy atom. The lowest BCUT2D eigenvalue weighted by Crippen LogP contribution is -2.40. The Kier molecular flexibility index (Phi) is 4.76. The van der Waals surface area contributed by atoms with Crippen molar-refractivity contribution in [2.24, 2.45) is 0 Å². The first kappa shape index (κ1) is 18.0. The van der Waals surface area contributed by atoms with Crippen LogP contribution in [0.3, 0.4) is 0 Å². The van der Waals surface area contributed by atoms with Crippen molar-refractivity contribution in [2.75, 3.05) is 5.32 Å². The molecule has 136 valence electrons. The van der Waals surface area contributed by atoms with Crippen molar-refractivity contribution < 1.29 is 18.0 Å². The third kappa shape index (κ3) is 3.59. The molecule has 1 unspecified atom stereocenters. The van der Waals surface area contributed by atoms with E-state index in [0.717, 1.165) is 23.3 Å². The van der Waals surface area contributed by atoms with Gasteiger partial charge in [0.2, 0.25) is 0 Å². The summed E-state index contributed by atoms with van der Waals surface area (Å²) in [5, 5.41) is 3.08. The van der Waals surface area contributed by atoms with Crippen LogP contribution in [0.4, 0.5) is 18.9 Å². The lowest BCUT2D eigenvalue weighted by molar-refractivity contribution is -0.137. The number of carbonyl (C=O) groups is 1. The first-order chi connectivity index (χ1) is 12.3. The number of benzene rings is 2. The first-order valence-electron chi connectivity index (χ1n) is 8.23. The molecule has 0 fully saturated rings. The Balaban J connectivity index is 1.87. The van der Waals surface area contributed by atoms with Crippen molar-refractivity contribution in [3.63, 3.8) is 0 Å². The van der Waals surface area contributed by atoms with E-state index in [9.17, 15) is 18.0 Å². The molecule has 2 aromatic rings. The molecule has 0 bridgehead atoms. The maximum absolute atomic E-state index is 12.9. The summed E-state index contributed by atoms with van der Waals surface area (Å²) in [7, 11) is 0. The average Bonchev–Trinajstić information content (AvgIpc) is 2.80. The molecule has 0 saturated carbocycles. The first-order valence-corrected chi connectivity index (χ1v) is 8.23. The van der Waals surface area contributed by atoms with Crippen LogP contribution in [0.1, 0.15) is 25.0 Å². The van der Waals surface area contributed by atoms with Gasteiger partial charge >= 0.3 is 6.18 Å². The highest BCUT2D eigenvalue weighted by atomic mass is 19.4. The van der Waals surface area contributed by atoms with Crippen molar-refractivity contribution in [3.8, 4) is 0 Å². The number of rotatable bonds is 4.